The molecular formula is C19H19NO2. The van der Waals surface area contributed by atoms with Crippen LogP contribution in [0.15, 0.2) is 42.5 Å². The highest BCUT2D eigenvalue weighted by atomic mass is 16.4. The molecule has 0 aliphatic rings. The van der Waals surface area contributed by atoms with Gasteiger partial charge in [-0.1, -0.05) is 31.2 Å². The minimum absolute atomic E-state index is 0.373. The lowest BCUT2D eigenvalue weighted by Gasteiger charge is -2.09. The van der Waals surface area contributed by atoms with Crippen molar-refractivity contribution >= 4 is 16.9 Å². The Hall–Kier alpha value is -2.55. The third-order valence-electron chi connectivity index (χ3n) is 4.34. The van der Waals surface area contributed by atoms with Crippen LogP contribution < -0.4 is 0 Å². The normalized spacial score (nSPS) is 11.0. The number of hydrogen-bond acceptors (Lipinski definition) is 1. The maximum absolute atomic E-state index is 11.9. The largest absolute Gasteiger partial charge is 0.477 e. The van der Waals surface area contributed by atoms with Crippen molar-refractivity contribution in [1.82, 2.24) is 4.57 Å². The second-order valence-electron chi connectivity index (χ2n) is 5.56. The summed E-state index contributed by atoms with van der Waals surface area (Å²) in [4.78, 5) is 11.9. The van der Waals surface area contributed by atoms with Crippen molar-refractivity contribution in [1.29, 1.82) is 0 Å². The molecule has 3 rings (SSSR count). The minimum atomic E-state index is -0.881. The molecule has 1 N–H and O–H groups in total. The van der Waals surface area contributed by atoms with Gasteiger partial charge in [-0.2, -0.15) is 0 Å². The summed E-state index contributed by atoms with van der Waals surface area (Å²) in [6.07, 6.45) is 0.697. The van der Waals surface area contributed by atoms with Crippen LogP contribution in [0.2, 0.25) is 0 Å². The van der Waals surface area contributed by atoms with Crippen LogP contribution in [0.4, 0.5) is 0 Å². The van der Waals surface area contributed by atoms with Gasteiger partial charge in [0.1, 0.15) is 5.69 Å². The molecule has 3 aromatic rings. The van der Waals surface area contributed by atoms with Gasteiger partial charge in [0, 0.05) is 11.1 Å². The Bertz CT molecular complexity index is 860. The summed E-state index contributed by atoms with van der Waals surface area (Å²) in [5, 5.41) is 10.9. The molecular weight excluding hydrogens is 274 g/mol. The van der Waals surface area contributed by atoms with E-state index in [4.69, 9.17) is 0 Å². The molecule has 112 valence electrons. The van der Waals surface area contributed by atoms with Crippen LogP contribution in [0.5, 0.6) is 0 Å². The van der Waals surface area contributed by atoms with Crippen molar-refractivity contribution in [2.75, 3.05) is 0 Å². The third-order valence-corrected chi connectivity index (χ3v) is 4.34. The molecule has 0 bridgehead atoms. The maximum atomic E-state index is 11.9. The minimum Gasteiger partial charge on any atom is -0.477 e. The predicted molar refractivity (Wildman–Crippen MR) is 89.1 cm³/mol. The molecule has 0 spiro atoms. The van der Waals surface area contributed by atoms with Crippen molar-refractivity contribution in [3.8, 4) is 5.69 Å². The number of benzene rings is 2. The molecule has 3 nitrogen and oxygen atoms in total. The lowest BCUT2D eigenvalue weighted by atomic mass is 10.0. The number of para-hydroxylation sites is 1. The summed E-state index contributed by atoms with van der Waals surface area (Å²) in [5.74, 6) is -0.881. The molecule has 0 saturated carbocycles. The van der Waals surface area contributed by atoms with E-state index in [0.29, 0.717) is 12.1 Å². The number of nitrogens with zero attached hydrogens (tertiary/aromatic N) is 1. The van der Waals surface area contributed by atoms with Crippen LogP contribution in [0.3, 0.4) is 0 Å². The van der Waals surface area contributed by atoms with E-state index in [-0.39, 0.29) is 0 Å². The number of aromatic nitrogens is 1. The summed E-state index contributed by atoms with van der Waals surface area (Å²) in [5.41, 5.74) is 5.47. The predicted octanol–water partition coefficient (Wildman–Crippen LogP) is 4.51. The highest BCUT2D eigenvalue weighted by Crippen LogP contribution is 2.33. The Kier molecular flexibility index (Phi) is 3.49. The average molecular weight is 293 g/mol. The van der Waals surface area contributed by atoms with E-state index in [9.17, 15) is 9.90 Å². The molecule has 3 heteroatoms. The molecule has 0 fully saturated rings. The van der Waals surface area contributed by atoms with E-state index >= 15 is 0 Å². The fourth-order valence-electron chi connectivity index (χ4n) is 3.16. The molecule has 0 radical (unpaired) electrons. The average Bonchev–Trinajstić information content (AvgIpc) is 2.87. The smallest absolute Gasteiger partial charge is 0.353 e. The van der Waals surface area contributed by atoms with Crippen LogP contribution in [0.1, 0.15) is 34.1 Å². The summed E-state index contributed by atoms with van der Waals surface area (Å²) in [6.45, 7) is 6.14. The van der Waals surface area contributed by atoms with Crippen molar-refractivity contribution < 1.29 is 9.90 Å². The lowest BCUT2D eigenvalue weighted by Crippen LogP contribution is -2.08. The summed E-state index contributed by atoms with van der Waals surface area (Å²) in [6, 6.07) is 13.8. The summed E-state index contributed by atoms with van der Waals surface area (Å²) < 4.78 is 1.86. The number of rotatable bonds is 3. The van der Waals surface area contributed by atoms with Crippen LogP contribution in [-0.4, -0.2) is 15.6 Å². The zero-order valence-corrected chi connectivity index (χ0v) is 13.1. The topological polar surface area (TPSA) is 42.2 Å². The van der Waals surface area contributed by atoms with Gasteiger partial charge in [-0.05, 0) is 55.2 Å². The second kappa shape index (κ2) is 5.34. The Labute approximate surface area is 129 Å². The Morgan fingerprint density at radius 1 is 1.09 bits per heavy atom. The number of fused-ring (bicyclic) bond motifs is 1. The van der Waals surface area contributed by atoms with Crippen molar-refractivity contribution in [2.24, 2.45) is 0 Å². The van der Waals surface area contributed by atoms with Gasteiger partial charge in [-0.25, -0.2) is 4.79 Å². The van der Waals surface area contributed by atoms with Gasteiger partial charge >= 0.3 is 5.97 Å². The number of hydrogen-bond donors (Lipinski definition) is 1. The lowest BCUT2D eigenvalue weighted by molar-refractivity contribution is 0.0687. The summed E-state index contributed by atoms with van der Waals surface area (Å²) in [7, 11) is 0. The Morgan fingerprint density at radius 2 is 1.77 bits per heavy atom. The van der Waals surface area contributed by atoms with Crippen molar-refractivity contribution in [3.05, 3.63) is 64.8 Å². The van der Waals surface area contributed by atoms with Gasteiger partial charge in [-0.15, -0.1) is 0 Å². The van der Waals surface area contributed by atoms with E-state index in [2.05, 4.69) is 19.9 Å². The van der Waals surface area contributed by atoms with Gasteiger partial charge in [0.05, 0.1) is 5.52 Å². The fraction of sp³-hybridized carbons (Fsp3) is 0.211. The first-order valence-electron chi connectivity index (χ1n) is 7.48. The van der Waals surface area contributed by atoms with Crippen molar-refractivity contribution in [3.63, 3.8) is 0 Å². The quantitative estimate of drug-likeness (QED) is 0.772. The molecule has 0 aliphatic carbocycles. The molecule has 22 heavy (non-hydrogen) atoms. The number of aryl methyl sites for hydroxylation is 3. The van der Waals surface area contributed by atoms with E-state index in [1.54, 1.807) is 0 Å². The van der Waals surface area contributed by atoms with Gasteiger partial charge < -0.3 is 9.67 Å². The molecule has 0 amide bonds. The molecule has 1 heterocycles. The number of aromatic carboxylic acids is 1. The fourth-order valence-corrected chi connectivity index (χ4v) is 3.16. The standard InChI is InChI=1S/C19H19NO2/c1-4-15-17-13(3)12(2)10-11-16(17)20(18(15)19(21)22)14-8-6-5-7-9-14/h5-11H,4H2,1-3H3,(H,21,22). The second-order valence-corrected chi connectivity index (χ2v) is 5.56. The monoisotopic (exact) mass is 293 g/mol. The van der Waals surface area contributed by atoms with E-state index in [1.807, 2.05) is 47.9 Å². The highest BCUT2D eigenvalue weighted by Gasteiger charge is 2.23. The van der Waals surface area contributed by atoms with Crippen LogP contribution in [0.25, 0.3) is 16.6 Å². The molecule has 0 aliphatic heterocycles. The zero-order valence-electron chi connectivity index (χ0n) is 13.1. The first-order chi connectivity index (χ1) is 10.6. The Morgan fingerprint density at radius 3 is 2.36 bits per heavy atom. The first-order valence-corrected chi connectivity index (χ1v) is 7.48. The van der Waals surface area contributed by atoms with E-state index in [1.165, 1.54) is 5.56 Å². The van der Waals surface area contributed by atoms with Gasteiger partial charge in [-0.3, -0.25) is 0 Å². The Balaban J connectivity index is 2.53. The number of carboxylic acid groups (broad SMARTS) is 1. The molecule has 1 aromatic heterocycles. The third kappa shape index (κ3) is 2.01. The molecule has 0 unspecified atom stereocenters. The SMILES string of the molecule is CCc1c(C(=O)O)n(-c2ccccc2)c2ccc(C)c(C)c12. The molecule has 2 aromatic carbocycles. The van der Waals surface area contributed by atoms with Crippen LogP contribution >= 0.6 is 0 Å². The van der Waals surface area contributed by atoms with Crippen LogP contribution in [0, 0.1) is 13.8 Å². The molecule has 0 saturated heterocycles. The summed E-state index contributed by atoms with van der Waals surface area (Å²) >= 11 is 0. The zero-order chi connectivity index (χ0) is 15.9. The van der Waals surface area contributed by atoms with E-state index < -0.39 is 5.97 Å². The van der Waals surface area contributed by atoms with Crippen LogP contribution in [-0.2, 0) is 6.42 Å². The number of carboxylic acids is 1. The van der Waals surface area contributed by atoms with Gasteiger partial charge in [0.2, 0.25) is 0 Å². The first kappa shape index (κ1) is 14.4. The van der Waals surface area contributed by atoms with E-state index in [0.717, 1.165) is 27.7 Å². The number of carbonyl (C=O) groups is 1. The van der Waals surface area contributed by atoms with Gasteiger partial charge in [0.25, 0.3) is 0 Å². The highest BCUT2D eigenvalue weighted by molar-refractivity contribution is 6.01. The van der Waals surface area contributed by atoms with Gasteiger partial charge in [0.15, 0.2) is 0 Å². The molecule has 0 atom stereocenters. The maximum Gasteiger partial charge on any atom is 0.353 e. The van der Waals surface area contributed by atoms with Crippen molar-refractivity contribution in [2.45, 2.75) is 27.2 Å².